The van der Waals surface area contributed by atoms with Crippen LogP contribution in [0, 0.1) is 16.7 Å². The van der Waals surface area contributed by atoms with Gasteiger partial charge in [-0.15, -0.1) is 0 Å². The molecule has 2 unspecified atom stereocenters. The van der Waals surface area contributed by atoms with Crippen molar-refractivity contribution in [2.45, 2.75) is 37.3 Å². The molecule has 1 saturated carbocycles. The van der Waals surface area contributed by atoms with Crippen LogP contribution in [0.15, 0.2) is 29.2 Å². The summed E-state index contributed by atoms with van der Waals surface area (Å²) in [6.07, 6.45) is 0.315. The van der Waals surface area contributed by atoms with Crippen LogP contribution in [0.4, 0.5) is 0 Å². The number of rotatable bonds is 5. The highest BCUT2D eigenvalue weighted by atomic mass is 32.2. The molecule has 0 radical (unpaired) electrons. The summed E-state index contributed by atoms with van der Waals surface area (Å²) in [6, 6.07) is 8.13. The molecule has 0 aliphatic heterocycles. The first kappa shape index (κ1) is 16.0. The van der Waals surface area contributed by atoms with Crippen molar-refractivity contribution in [1.82, 2.24) is 5.32 Å². The van der Waals surface area contributed by atoms with E-state index in [1.165, 1.54) is 12.1 Å². The molecule has 1 aliphatic rings. The van der Waals surface area contributed by atoms with E-state index in [1.54, 1.807) is 12.1 Å². The third-order valence-electron chi connectivity index (χ3n) is 4.30. The van der Waals surface area contributed by atoms with Gasteiger partial charge in [-0.2, -0.15) is 5.26 Å². The molecule has 0 aromatic heterocycles. The monoisotopic (exact) mass is 308 g/mol. The number of aliphatic hydroxyl groups is 1. The second kappa shape index (κ2) is 5.76. The van der Waals surface area contributed by atoms with Gasteiger partial charge in [-0.05, 0) is 24.6 Å². The first-order valence-electron chi connectivity index (χ1n) is 6.92. The second-order valence-electron chi connectivity index (χ2n) is 6.04. The summed E-state index contributed by atoms with van der Waals surface area (Å²) < 4.78 is 24.4. The molecule has 2 rings (SSSR count). The fourth-order valence-electron chi connectivity index (χ4n) is 2.49. The number of nitrogens with zero attached hydrogens (tertiary/aromatic N) is 1. The molecule has 0 heterocycles. The minimum absolute atomic E-state index is 0.0233. The van der Waals surface area contributed by atoms with E-state index in [4.69, 9.17) is 5.26 Å². The zero-order chi connectivity index (χ0) is 15.7. The molecule has 114 valence electrons. The maximum absolute atomic E-state index is 12.2. The molecule has 1 fully saturated rings. The van der Waals surface area contributed by atoms with Gasteiger partial charge in [0.05, 0.1) is 28.4 Å². The van der Waals surface area contributed by atoms with Crippen molar-refractivity contribution >= 4 is 9.84 Å². The highest BCUT2D eigenvalue weighted by Gasteiger charge is 2.46. The van der Waals surface area contributed by atoms with Crippen LogP contribution >= 0.6 is 0 Å². The van der Waals surface area contributed by atoms with E-state index in [0.29, 0.717) is 18.5 Å². The van der Waals surface area contributed by atoms with E-state index in [9.17, 15) is 13.5 Å². The summed E-state index contributed by atoms with van der Waals surface area (Å²) in [4.78, 5) is 0.177. The Morgan fingerprint density at radius 2 is 2.19 bits per heavy atom. The molecule has 21 heavy (non-hydrogen) atoms. The Labute approximate surface area is 125 Å². The summed E-state index contributed by atoms with van der Waals surface area (Å²) in [7, 11) is -3.40. The average molecular weight is 308 g/mol. The van der Waals surface area contributed by atoms with Gasteiger partial charge in [-0.1, -0.05) is 19.9 Å². The van der Waals surface area contributed by atoms with Crippen molar-refractivity contribution in [2.24, 2.45) is 5.41 Å². The average Bonchev–Trinajstić information content (AvgIpc) is 2.46. The molecule has 2 atom stereocenters. The predicted octanol–water partition coefficient (Wildman–Crippen LogP) is 1.08. The van der Waals surface area contributed by atoms with Gasteiger partial charge in [-0.3, -0.25) is 0 Å². The van der Waals surface area contributed by atoms with Gasteiger partial charge in [0.25, 0.3) is 0 Å². The van der Waals surface area contributed by atoms with Crippen molar-refractivity contribution in [3.8, 4) is 6.07 Å². The van der Waals surface area contributed by atoms with Crippen molar-refractivity contribution in [3.05, 3.63) is 29.8 Å². The van der Waals surface area contributed by atoms with Crippen LogP contribution < -0.4 is 5.32 Å². The molecule has 0 saturated heterocycles. The lowest BCUT2D eigenvalue weighted by molar-refractivity contribution is -0.0716. The first-order chi connectivity index (χ1) is 9.77. The van der Waals surface area contributed by atoms with Crippen LogP contribution in [0.1, 0.15) is 25.8 Å². The highest BCUT2D eigenvalue weighted by Crippen LogP contribution is 2.40. The van der Waals surface area contributed by atoms with Crippen molar-refractivity contribution in [3.63, 3.8) is 0 Å². The fourth-order valence-corrected chi connectivity index (χ4v) is 3.71. The zero-order valence-electron chi connectivity index (χ0n) is 12.2. The Bertz CT molecular complexity index is 662. The largest absolute Gasteiger partial charge is 0.392 e. The van der Waals surface area contributed by atoms with Gasteiger partial charge >= 0.3 is 0 Å². The fraction of sp³-hybridized carbons (Fsp3) is 0.533. The molecule has 5 nitrogen and oxygen atoms in total. The summed E-state index contributed by atoms with van der Waals surface area (Å²) in [5, 5.41) is 21.7. The molecule has 1 aliphatic carbocycles. The molecule has 1 aromatic rings. The van der Waals surface area contributed by atoms with Gasteiger partial charge in [0.1, 0.15) is 0 Å². The van der Waals surface area contributed by atoms with Crippen LogP contribution in [0.25, 0.3) is 0 Å². The number of nitriles is 1. The number of hydrogen-bond acceptors (Lipinski definition) is 5. The van der Waals surface area contributed by atoms with E-state index < -0.39 is 9.84 Å². The summed E-state index contributed by atoms with van der Waals surface area (Å²) in [6.45, 7) is 4.26. The molecule has 0 amide bonds. The third-order valence-corrected chi connectivity index (χ3v) is 6.01. The Kier molecular flexibility index (Phi) is 4.38. The first-order valence-corrected chi connectivity index (χ1v) is 8.57. The molecule has 6 heteroatoms. The quantitative estimate of drug-likeness (QED) is 0.849. The van der Waals surface area contributed by atoms with Crippen molar-refractivity contribution in [1.29, 1.82) is 5.26 Å². The molecular weight excluding hydrogens is 288 g/mol. The van der Waals surface area contributed by atoms with Gasteiger partial charge in [0.2, 0.25) is 0 Å². The van der Waals surface area contributed by atoms with Crippen LogP contribution in [0.3, 0.4) is 0 Å². The minimum atomic E-state index is -3.40. The van der Waals surface area contributed by atoms with Crippen molar-refractivity contribution in [2.75, 3.05) is 12.3 Å². The van der Waals surface area contributed by atoms with E-state index in [1.807, 2.05) is 19.9 Å². The Morgan fingerprint density at radius 1 is 1.48 bits per heavy atom. The van der Waals surface area contributed by atoms with E-state index in [-0.39, 0.29) is 28.2 Å². The van der Waals surface area contributed by atoms with Crippen LogP contribution in [0.2, 0.25) is 0 Å². The Hall–Kier alpha value is -1.42. The van der Waals surface area contributed by atoms with E-state index in [2.05, 4.69) is 5.32 Å². The van der Waals surface area contributed by atoms with E-state index >= 15 is 0 Å². The number of aliphatic hydroxyl groups excluding tert-OH is 1. The lowest BCUT2D eigenvalue weighted by Gasteiger charge is -2.49. The Balaban J connectivity index is 1.95. The van der Waals surface area contributed by atoms with Crippen LogP contribution in [-0.2, 0) is 9.84 Å². The summed E-state index contributed by atoms with van der Waals surface area (Å²) in [5.74, 6) is -0.0233. The van der Waals surface area contributed by atoms with Gasteiger partial charge < -0.3 is 10.4 Å². The normalized spacial score (nSPS) is 24.1. The number of nitrogens with one attached hydrogen (secondary N) is 1. The van der Waals surface area contributed by atoms with E-state index in [0.717, 1.165) is 0 Å². The predicted molar refractivity (Wildman–Crippen MR) is 79.4 cm³/mol. The van der Waals surface area contributed by atoms with Crippen molar-refractivity contribution < 1.29 is 13.5 Å². The molecule has 1 aromatic carbocycles. The minimum Gasteiger partial charge on any atom is -0.392 e. The number of hydrogen-bond donors (Lipinski definition) is 2. The molecule has 2 N–H and O–H groups in total. The number of sulfone groups is 1. The lowest BCUT2D eigenvalue weighted by Crippen LogP contribution is -2.60. The number of benzene rings is 1. The third kappa shape index (κ3) is 3.26. The van der Waals surface area contributed by atoms with Gasteiger partial charge in [0.15, 0.2) is 9.84 Å². The maximum atomic E-state index is 12.2. The topological polar surface area (TPSA) is 90.2 Å². The SMILES string of the molecule is CC1(C)C(O)CC1NCCS(=O)(=O)c1cccc(C#N)c1. The molecular formula is C15H20N2O3S. The van der Waals surface area contributed by atoms with Crippen LogP contribution in [0.5, 0.6) is 0 Å². The standard InChI is InChI=1S/C15H20N2O3S/c1-15(2)13(9-14(15)18)17-6-7-21(19,20)12-5-3-4-11(8-12)10-16/h3-5,8,13-14,17-18H,6-7,9H2,1-2H3. The maximum Gasteiger partial charge on any atom is 0.179 e. The highest BCUT2D eigenvalue weighted by molar-refractivity contribution is 7.91. The molecule has 0 bridgehead atoms. The van der Waals surface area contributed by atoms with Gasteiger partial charge in [-0.25, -0.2) is 8.42 Å². The van der Waals surface area contributed by atoms with Crippen LogP contribution in [-0.4, -0.2) is 38.0 Å². The summed E-state index contributed by atoms with van der Waals surface area (Å²) >= 11 is 0. The lowest BCUT2D eigenvalue weighted by atomic mass is 9.64. The summed E-state index contributed by atoms with van der Waals surface area (Å²) in [5.41, 5.74) is 0.122. The molecule has 0 spiro atoms. The second-order valence-corrected chi connectivity index (χ2v) is 8.15. The Morgan fingerprint density at radius 3 is 2.76 bits per heavy atom. The van der Waals surface area contributed by atoms with Gasteiger partial charge in [0, 0.05) is 18.0 Å². The smallest absolute Gasteiger partial charge is 0.179 e. The zero-order valence-corrected chi connectivity index (χ0v) is 13.0.